The molecule has 2 N–H and O–H groups in total. The highest BCUT2D eigenvalue weighted by molar-refractivity contribution is 9.10. The Morgan fingerprint density at radius 1 is 1.00 bits per heavy atom. The van der Waals surface area contributed by atoms with Gasteiger partial charge in [0, 0.05) is 28.9 Å². The minimum absolute atomic E-state index is 0.0250. The van der Waals surface area contributed by atoms with Gasteiger partial charge < -0.3 is 5.32 Å². The summed E-state index contributed by atoms with van der Waals surface area (Å²) in [5.74, 6) is 0.173. The van der Waals surface area contributed by atoms with Gasteiger partial charge in [0.15, 0.2) is 5.65 Å². The molecule has 0 aliphatic heterocycles. The molecular formula is C25H18BrClFN5O2S. The van der Waals surface area contributed by atoms with E-state index in [0.29, 0.717) is 34.4 Å². The van der Waals surface area contributed by atoms with Gasteiger partial charge in [-0.15, -0.1) is 0 Å². The maximum Gasteiger partial charge on any atom is 0.261 e. The van der Waals surface area contributed by atoms with E-state index in [4.69, 9.17) is 16.6 Å². The summed E-state index contributed by atoms with van der Waals surface area (Å²) in [7, 11) is -3.86. The number of benzene rings is 3. The highest BCUT2D eigenvalue weighted by Crippen LogP contribution is 2.30. The number of sulfonamides is 1. The fourth-order valence-corrected chi connectivity index (χ4v) is 5.26. The molecule has 0 bridgehead atoms. The van der Waals surface area contributed by atoms with Crippen molar-refractivity contribution >= 4 is 54.7 Å². The van der Waals surface area contributed by atoms with Crippen molar-refractivity contribution in [1.82, 2.24) is 14.6 Å². The van der Waals surface area contributed by atoms with Crippen LogP contribution in [-0.4, -0.2) is 23.0 Å². The number of fused-ring (bicyclic) bond motifs is 1. The van der Waals surface area contributed by atoms with E-state index in [1.165, 1.54) is 12.1 Å². The first kappa shape index (κ1) is 24.2. The van der Waals surface area contributed by atoms with Crippen LogP contribution in [0.15, 0.2) is 94.4 Å². The second kappa shape index (κ2) is 9.88. The molecule has 0 saturated heterocycles. The molecule has 11 heteroatoms. The molecule has 0 aliphatic carbocycles. The predicted molar refractivity (Wildman–Crippen MR) is 142 cm³/mol. The molecule has 0 spiro atoms. The Kier molecular flexibility index (Phi) is 6.65. The normalized spacial score (nSPS) is 11.5. The third-order valence-electron chi connectivity index (χ3n) is 5.36. The molecule has 182 valence electrons. The van der Waals surface area contributed by atoms with Crippen LogP contribution in [0.5, 0.6) is 0 Å². The second-order valence-electron chi connectivity index (χ2n) is 7.85. The lowest BCUT2D eigenvalue weighted by molar-refractivity contribution is 0.599. The lowest BCUT2D eigenvalue weighted by Crippen LogP contribution is -2.13. The lowest BCUT2D eigenvalue weighted by Gasteiger charge is -2.13. The molecule has 0 atom stereocenters. The van der Waals surface area contributed by atoms with Gasteiger partial charge in [-0.3, -0.25) is 4.72 Å². The summed E-state index contributed by atoms with van der Waals surface area (Å²) in [6.07, 6.45) is 1.66. The second-order valence-corrected chi connectivity index (χ2v) is 10.8. The van der Waals surface area contributed by atoms with Crippen molar-refractivity contribution in [2.75, 3.05) is 10.0 Å². The molecule has 0 radical (unpaired) electrons. The van der Waals surface area contributed by atoms with Crippen LogP contribution in [0.25, 0.3) is 16.9 Å². The smallest absolute Gasteiger partial charge is 0.261 e. The van der Waals surface area contributed by atoms with Crippen molar-refractivity contribution < 1.29 is 12.8 Å². The fourth-order valence-electron chi connectivity index (χ4n) is 3.63. The summed E-state index contributed by atoms with van der Waals surface area (Å²) >= 11 is 9.89. The van der Waals surface area contributed by atoms with Crippen molar-refractivity contribution in [1.29, 1.82) is 0 Å². The van der Waals surface area contributed by atoms with Crippen molar-refractivity contribution in [2.45, 2.75) is 11.4 Å². The first-order chi connectivity index (χ1) is 17.3. The Bertz CT molecular complexity index is 1680. The van der Waals surface area contributed by atoms with Crippen LogP contribution in [0, 0.1) is 5.82 Å². The van der Waals surface area contributed by atoms with E-state index in [9.17, 15) is 12.8 Å². The first-order valence-corrected chi connectivity index (χ1v) is 13.4. The van der Waals surface area contributed by atoms with E-state index in [-0.39, 0.29) is 4.90 Å². The highest BCUT2D eigenvalue weighted by atomic mass is 79.9. The van der Waals surface area contributed by atoms with Gasteiger partial charge in [0.05, 0.1) is 21.3 Å². The van der Waals surface area contributed by atoms with E-state index in [1.54, 1.807) is 35.0 Å². The Balaban J connectivity index is 1.40. The van der Waals surface area contributed by atoms with Gasteiger partial charge in [0.25, 0.3) is 10.0 Å². The topological polar surface area (TPSA) is 88.4 Å². The summed E-state index contributed by atoms with van der Waals surface area (Å²) in [5, 5.41) is 8.32. The Hall–Kier alpha value is -3.47. The summed E-state index contributed by atoms with van der Waals surface area (Å²) in [6.45, 7) is 0.380. The maximum absolute atomic E-state index is 13.2. The van der Waals surface area contributed by atoms with Crippen molar-refractivity contribution in [3.63, 3.8) is 0 Å². The van der Waals surface area contributed by atoms with Gasteiger partial charge in [-0.2, -0.15) is 9.61 Å². The van der Waals surface area contributed by atoms with Crippen LogP contribution in [0.4, 0.5) is 15.9 Å². The third kappa shape index (κ3) is 5.06. The van der Waals surface area contributed by atoms with Crippen LogP contribution in [-0.2, 0) is 16.6 Å². The molecular weight excluding hydrogens is 569 g/mol. The summed E-state index contributed by atoms with van der Waals surface area (Å²) in [5.41, 5.74) is 3.30. The van der Waals surface area contributed by atoms with Gasteiger partial charge in [0.2, 0.25) is 0 Å². The molecule has 36 heavy (non-hydrogen) atoms. The zero-order valence-electron chi connectivity index (χ0n) is 18.5. The zero-order valence-corrected chi connectivity index (χ0v) is 21.6. The number of anilines is 2. The molecule has 2 heterocycles. The van der Waals surface area contributed by atoms with Crippen LogP contribution < -0.4 is 10.0 Å². The maximum atomic E-state index is 13.2. The molecule has 0 amide bonds. The van der Waals surface area contributed by atoms with Crippen LogP contribution >= 0.6 is 27.5 Å². The van der Waals surface area contributed by atoms with Crippen molar-refractivity contribution in [3.8, 4) is 11.3 Å². The van der Waals surface area contributed by atoms with E-state index in [2.05, 4.69) is 31.1 Å². The number of hydrogen-bond donors (Lipinski definition) is 2. The minimum atomic E-state index is -3.86. The van der Waals surface area contributed by atoms with Crippen LogP contribution in [0.1, 0.15) is 5.56 Å². The SMILES string of the molecule is O=S(=O)(Nc1cccc(CNc2cc(-c3ccccc3Cl)nc3c(Br)cnn23)c1)c1ccc(F)cc1. The summed E-state index contributed by atoms with van der Waals surface area (Å²) in [6, 6.07) is 20.9. The first-order valence-electron chi connectivity index (χ1n) is 10.7. The zero-order chi connectivity index (χ0) is 25.3. The van der Waals surface area contributed by atoms with E-state index >= 15 is 0 Å². The van der Waals surface area contributed by atoms with Crippen LogP contribution in [0.3, 0.4) is 0 Å². The molecule has 0 unspecified atom stereocenters. The lowest BCUT2D eigenvalue weighted by atomic mass is 10.1. The number of nitrogens with zero attached hydrogens (tertiary/aromatic N) is 3. The van der Waals surface area contributed by atoms with Crippen LogP contribution in [0.2, 0.25) is 5.02 Å². The average Bonchev–Trinajstić information content (AvgIpc) is 3.24. The van der Waals surface area contributed by atoms with E-state index in [0.717, 1.165) is 27.7 Å². The minimum Gasteiger partial charge on any atom is -0.366 e. The largest absolute Gasteiger partial charge is 0.366 e. The molecule has 5 aromatic rings. The van der Waals surface area contributed by atoms with Gasteiger partial charge in [0.1, 0.15) is 11.6 Å². The molecule has 0 fully saturated rings. The van der Waals surface area contributed by atoms with Gasteiger partial charge >= 0.3 is 0 Å². The Morgan fingerprint density at radius 3 is 2.56 bits per heavy atom. The molecule has 5 rings (SSSR count). The fraction of sp³-hybridized carbons (Fsp3) is 0.0400. The van der Waals surface area contributed by atoms with Gasteiger partial charge in [-0.05, 0) is 64.0 Å². The number of hydrogen-bond acceptors (Lipinski definition) is 5. The average molecular weight is 587 g/mol. The van der Waals surface area contributed by atoms with E-state index < -0.39 is 15.8 Å². The molecule has 0 aliphatic rings. The number of nitrogens with one attached hydrogen (secondary N) is 2. The molecule has 3 aromatic carbocycles. The number of aromatic nitrogens is 3. The van der Waals surface area contributed by atoms with E-state index in [1.807, 2.05) is 30.3 Å². The Morgan fingerprint density at radius 2 is 1.78 bits per heavy atom. The van der Waals surface area contributed by atoms with Crippen molar-refractivity contribution in [3.05, 3.63) is 106 Å². The molecule has 7 nitrogen and oxygen atoms in total. The summed E-state index contributed by atoms with van der Waals surface area (Å²) < 4.78 is 43.5. The molecule has 2 aromatic heterocycles. The quantitative estimate of drug-likeness (QED) is 0.232. The standard InChI is InChI=1S/C25H18BrClFN5O2S/c26-21-15-30-33-24(13-23(31-25(21)33)20-6-1-2-7-22(20)27)29-14-16-4-3-5-18(12-16)32-36(34,35)19-10-8-17(28)9-11-19/h1-13,15,29,32H,14H2. The van der Waals surface area contributed by atoms with Gasteiger partial charge in [-0.25, -0.2) is 17.8 Å². The predicted octanol–water partition coefficient (Wildman–Crippen LogP) is 6.36. The summed E-state index contributed by atoms with van der Waals surface area (Å²) in [4.78, 5) is 4.67. The monoisotopic (exact) mass is 585 g/mol. The van der Waals surface area contributed by atoms with Gasteiger partial charge in [-0.1, -0.05) is 41.9 Å². The third-order valence-corrected chi connectivity index (χ3v) is 7.64. The number of rotatable bonds is 7. The Labute approximate surface area is 220 Å². The molecule has 0 saturated carbocycles. The van der Waals surface area contributed by atoms with Crippen molar-refractivity contribution in [2.24, 2.45) is 0 Å². The highest BCUT2D eigenvalue weighted by Gasteiger charge is 2.15. The number of halogens is 3.